The normalized spacial score (nSPS) is 12.3. The Morgan fingerprint density at radius 2 is 1.83 bits per heavy atom. The maximum Gasteiger partial charge on any atom is 0.338 e. The monoisotopic (exact) mass is 343 g/mol. The van der Waals surface area contributed by atoms with E-state index in [0.29, 0.717) is 17.1 Å². The first-order valence-corrected chi connectivity index (χ1v) is 9.00. The van der Waals surface area contributed by atoms with Crippen LogP contribution in [0.4, 0.5) is 0 Å². The number of benzene rings is 2. The van der Waals surface area contributed by atoms with Gasteiger partial charge in [0.25, 0.3) is 0 Å². The third-order valence-corrected chi connectivity index (χ3v) is 4.37. The van der Waals surface area contributed by atoms with Gasteiger partial charge in [-0.1, -0.05) is 47.6 Å². The second-order valence-electron chi connectivity index (χ2n) is 5.41. The van der Waals surface area contributed by atoms with E-state index in [-0.39, 0.29) is 5.97 Å². The fourth-order valence-electron chi connectivity index (χ4n) is 1.92. The first-order chi connectivity index (χ1) is 11.6. The van der Waals surface area contributed by atoms with Gasteiger partial charge in [-0.2, -0.15) is 0 Å². The average molecular weight is 343 g/mol. The molecule has 2 aromatic rings. The Hall–Kier alpha value is -2.11. The van der Waals surface area contributed by atoms with Crippen LogP contribution in [-0.2, 0) is 16.1 Å². The maximum absolute atomic E-state index is 12.1. The van der Waals surface area contributed by atoms with Crippen molar-refractivity contribution in [3.63, 3.8) is 0 Å². The van der Waals surface area contributed by atoms with Crippen molar-refractivity contribution >= 4 is 23.5 Å². The molecule has 0 aliphatic carbocycles. The molecule has 0 aliphatic heterocycles. The van der Waals surface area contributed by atoms with Gasteiger partial charge in [0.15, 0.2) is 4.90 Å². The quantitative estimate of drug-likeness (QED) is 0.329. The molecule has 0 aliphatic rings. The molecule has 0 radical (unpaired) electrons. The number of ether oxygens (including phenoxy) is 1. The SMILES string of the molecule is CCCCOC(=O)c1ccc(/C=N/[S@@+]([O-])c2ccc(C)cc2)cc1. The molecule has 5 heteroatoms. The molecule has 0 heterocycles. The van der Waals surface area contributed by atoms with Gasteiger partial charge in [-0.25, -0.2) is 4.79 Å². The van der Waals surface area contributed by atoms with Gasteiger partial charge in [-0.15, -0.1) is 0 Å². The highest BCUT2D eigenvalue weighted by Gasteiger charge is 2.09. The molecule has 126 valence electrons. The van der Waals surface area contributed by atoms with Crippen molar-refractivity contribution in [1.82, 2.24) is 0 Å². The lowest BCUT2D eigenvalue weighted by Crippen LogP contribution is -2.06. The standard InChI is InChI=1S/C19H21NO3S/c1-3-4-13-23-19(21)17-9-7-16(8-10-17)14-20-24(22)18-11-5-15(2)6-12-18/h5-12,14H,3-4,13H2,1-2H3/b20-14+/t24-/m0/s1. The molecule has 4 nitrogen and oxygen atoms in total. The molecule has 1 atom stereocenters. The molecule has 0 saturated heterocycles. The molecule has 24 heavy (non-hydrogen) atoms. The van der Waals surface area contributed by atoms with E-state index in [1.54, 1.807) is 42.6 Å². The largest absolute Gasteiger partial charge is 0.586 e. The van der Waals surface area contributed by atoms with E-state index in [1.807, 2.05) is 26.0 Å². The predicted octanol–water partition coefficient (Wildman–Crippen LogP) is 4.09. The van der Waals surface area contributed by atoms with E-state index in [9.17, 15) is 9.35 Å². The van der Waals surface area contributed by atoms with Crippen LogP contribution in [0.25, 0.3) is 0 Å². The Bertz CT molecular complexity index is 681. The molecular formula is C19H21NO3S. The highest BCUT2D eigenvalue weighted by atomic mass is 32.2. The third-order valence-electron chi connectivity index (χ3n) is 3.40. The number of unbranched alkanes of at least 4 members (excludes halogenated alkanes) is 1. The minimum Gasteiger partial charge on any atom is -0.586 e. The number of aryl methyl sites for hydroxylation is 1. The Morgan fingerprint density at radius 3 is 2.46 bits per heavy atom. The van der Waals surface area contributed by atoms with Crippen LogP contribution in [-0.4, -0.2) is 23.3 Å². The fraction of sp³-hybridized carbons (Fsp3) is 0.263. The van der Waals surface area contributed by atoms with E-state index in [2.05, 4.69) is 4.40 Å². The number of nitrogens with zero attached hydrogens (tertiary/aromatic N) is 1. The van der Waals surface area contributed by atoms with Crippen molar-refractivity contribution in [2.24, 2.45) is 4.40 Å². The molecule has 0 amide bonds. The van der Waals surface area contributed by atoms with E-state index in [0.717, 1.165) is 24.0 Å². The fourth-order valence-corrected chi connectivity index (χ4v) is 2.63. The number of hydrogen-bond donors (Lipinski definition) is 0. The molecule has 0 bridgehead atoms. The zero-order valence-electron chi connectivity index (χ0n) is 13.9. The molecule has 0 fully saturated rings. The number of rotatable bonds is 7. The van der Waals surface area contributed by atoms with E-state index < -0.39 is 11.4 Å². The number of carbonyl (C=O) groups is 1. The smallest absolute Gasteiger partial charge is 0.338 e. The Balaban J connectivity index is 1.95. The first-order valence-electron chi connectivity index (χ1n) is 7.90. The zero-order valence-corrected chi connectivity index (χ0v) is 14.7. The summed E-state index contributed by atoms with van der Waals surface area (Å²) in [7, 11) is 0. The average Bonchev–Trinajstić information content (AvgIpc) is 2.61. The Morgan fingerprint density at radius 1 is 1.17 bits per heavy atom. The van der Waals surface area contributed by atoms with Gasteiger partial charge >= 0.3 is 5.97 Å². The molecule has 0 spiro atoms. The minimum atomic E-state index is -1.43. The predicted molar refractivity (Wildman–Crippen MR) is 96.8 cm³/mol. The topological polar surface area (TPSA) is 61.7 Å². The molecule has 0 saturated carbocycles. The summed E-state index contributed by atoms with van der Waals surface area (Å²) < 4.78 is 21.3. The van der Waals surface area contributed by atoms with E-state index in [4.69, 9.17) is 4.74 Å². The lowest BCUT2D eigenvalue weighted by atomic mass is 10.1. The van der Waals surface area contributed by atoms with Crippen LogP contribution in [0.2, 0.25) is 0 Å². The number of esters is 1. The van der Waals surface area contributed by atoms with Crippen molar-refractivity contribution in [3.8, 4) is 0 Å². The second-order valence-corrected chi connectivity index (χ2v) is 6.59. The van der Waals surface area contributed by atoms with Gasteiger partial charge in [0.05, 0.1) is 18.4 Å². The summed E-state index contributed by atoms with van der Waals surface area (Å²) in [6.07, 6.45) is 3.39. The summed E-state index contributed by atoms with van der Waals surface area (Å²) in [6, 6.07) is 14.3. The van der Waals surface area contributed by atoms with Gasteiger partial charge in [0.2, 0.25) is 0 Å². The number of carbonyl (C=O) groups excluding carboxylic acids is 1. The lowest BCUT2D eigenvalue weighted by molar-refractivity contribution is 0.0499. The molecule has 0 N–H and O–H groups in total. The van der Waals surface area contributed by atoms with Crippen molar-refractivity contribution in [3.05, 3.63) is 65.2 Å². The molecule has 0 unspecified atom stereocenters. The van der Waals surface area contributed by atoms with Crippen LogP contribution >= 0.6 is 0 Å². The third kappa shape index (κ3) is 5.51. The Labute approximate surface area is 145 Å². The zero-order chi connectivity index (χ0) is 17.4. The summed E-state index contributed by atoms with van der Waals surface area (Å²) in [4.78, 5) is 12.5. The van der Waals surface area contributed by atoms with Gasteiger partial charge in [-0.3, -0.25) is 0 Å². The molecule has 2 rings (SSSR count). The van der Waals surface area contributed by atoms with E-state index >= 15 is 0 Å². The first kappa shape index (κ1) is 18.2. The van der Waals surface area contributed by atoms with E-state index in [1.165, 1.54) is 0 Å². The van der Waals surface area contributed by atoms with Gasteiger partial charge in [-0.05, 0) is 43.2 Å². The number of hydrogen-bond acceptors (Lipinski definition) is 4. The molecule has 0 aromatic heterocycles. The van der Waals surface area contributed by atoms with Crippen molar-refractivity contribution in [2.45, 2.75) is 31.6 Å². The molecule has 2 aromatic carbocycles. The maximum atomic E-state index is 12.1. The summed E-state index contributed by atoms with van der Waals surface area (Å²) in [6.45, 7) is 4.46. The highest BCUT2D eigenvalue weighted by molar-refractivity contribution is 7.90. The summed E-state index contributed by atoms with van der Waals surface area (Å²) in [5, 5.41) is 0. The lowest BCUT2D eigenvalue weighted by Gasteiger charge is -2.04. The van der Waals surface area contributed by atoms with Gasteiger partial charge < -0.3 is 9.29 Å². The van der Waals surface area contributed by atoms with Crippen molar-refractivity contribution in [1.29, 1.82) is 0 Å². The van der Waals surface area contributed by atoms with Crippen LogP contribution in [0, 0.1) is 6.92 Å². The van der Waals surface area contributed by atoms with Crippen LogP contribution in [0.15, 0.2) is 57.8 Å². The van der Waals surface area contributed by atoms with Gasteiger partial charge in [0.1, 0.15) is 11.4 Å². The minimum absolute atomic E-state index is 0.324. The molecular weight excluding hydrogens is 322 g/mol. The Kier molecular flexibility index (Phi) is 7.03. The van der Waals surface area contributed by atoms with Crippen LogP contribution in [0.3, 0.4) is 0 Å². The second kappa shape index (κ2) is 9.25. The summed E-state index contributed by atoms with van der Waals surface area (Å²) in [5.74, 6) is -0.324. The van der Waals surface area contributed by atoms with Crippen LogP contribution in [0.1, 0.15) is 41.3 Å². The summed E-state index contributed by atoms with van der Waals surface area (Å²) in [5.41, 5.74) is 2.39. The van der Waals surface area contributed by atoms with Gasteiger partial charge in [0, 0.05) is 0 Å². The van der Waals surface area contributed by atoms with Crippen molar-refractivity contribution in [2.75, 3.05) is 6.61 Å². The van der Waals surface area contributed by atoms with Crippen molar-refractivity contribution < 1.29 is 14.1 Å². The summed E-state index contributed by atoms with van der Waals surface area (Å²) >= 11 is -1.43. The highest BCUT2D eigenvalue weighted by Crippen LogP contribution is 2.13. The van der Waals surface area contributed by atoms with Crippen LogP contribution in [0.5, 0.6) is 0 Å². The van der Waals surface area contributed by atoms with Crippen LogP contribution < -0.4 is 0 Å².